The molecule has 4 heterocycles. The highest BCUT2D eigenvalue weighted by atomic mass is 28.3. The minimum atomic E-state index is -1.92. The van der Waals surface area contributed by atoms with Gasteiger partial charge in [0.05, 0.1) is 0 Å². The summed E-state index contributed by atoms with van der Waals surface area (Å²) >= 11 is -1.82. The van der Waals surface area contributed by atoms with E-state index in [2.05, 4.69) is 114 Å². The molecule has 1 aromatic heterocycles. The molecule has 4 fully saturated rings. The molecule has 0 saturated heterocycles. The Hall–Kier alpha value is -3.62. The summed E-state index contributed by atoms with van der Waals surface area (Å²) in [6.45, 7) is 5.15. The van der Waals surface area contributed by atoms with Crippen LogP contribution in [0.3, 0.4) is 0 Å². The summed E-state index contributed by atoms with van der Waals surface area (Å²) < 4.78 is 4.70. The fourth-order valence-electron chi connectivity index (χ4n) is 11.6. The van der Waals surface area contributed by atoms with Crippen molar-refractivity contribution in [1.29, 1.82) is 0 Å². The largest absolute Gasteiger partial charge is 0.396 e. The van der Waals surface area contributed by atoms with E-state index < -0.39 is 22.2 Å². The van der Waals surface area contributed by atoms with E-state index in [1.54, 1.807) is 24.8 Å². The lowest BCUT2D eigenvalue weighted by Gasteiger charge is -2.57. The van der Waals surface area contributed by atoms with E-state index in [4.69, 9.17) is 4.98 Å². The Morgan fingerprint density at radius 1 is 0.652 bits per heavy atom. The molecular formula is C41H38AlN3Si. The fraction of sp³-hybridized carbons (Fsp3) is 0.293. The Labute approximate surface area is 277 Å². The summed E-state index contributed by atoms with van der Waals surface area (Å²) in [5.41, 5.74) is 9.04. The predicted octanol–water partition coefficient (Wildman–Crippen LogP) is 6.77. The second-order valence-electron chi connectivity index (χ2n) is 15.9. The van der Waals surface area contributed by atoms with Gasteiger partial charge in [0.25, 0.3) is 0 Å². The van der Waals surface area contributed by atoms with Gasteiger partial charge in [-0.05, 0) is 114 Å². The van der Waals surface area contributed by atoms with E-state index in [1.165, 1.54) is 71.4 Å². The van der Waals surface area contributed by atoms with Crippen LogP contribution in [0.1, 0.15) is 44.1 Å². The third-order valence-electron chi connectivity index (χ3n) is 13.0. The van der Waals surface area contributed by atoms with Gasteiger partial charge >= 0.3 is 14.1 Å². The topological polar surface area (TPSA) is 19.4 Å². The van der Waals surface area contributed by atoms with Crippen molar-refractivity contribution < 1.29 is 0 Å². The van der Waals surface area contributed by atoms with Gasteiger partial charge in [0.15, 0.2) is 0 Å². The Bertz CT molecular complexity index is 2070. The summed E-state index contributed by atoms with van der Waals surface area (Å²) in [6, 6.07) is 37.9. The Kier molecular flexibility index (Phi) is 5.20. The molecule has 12 rings (SSSR count). The third-order valence-corrected chi connectivity index (χ3v) is 19.9. The third kappa shape index (κ3) is 3.32. The van der Waals surface area contributed by atoms with Crippen LogP contribution < -0.4 is 33.4 Å². The van der Waals surface area contributed by atoms with Crippen molar-refractivity contribution in [2.24, 2.45) is 17.8 Å². The number of anilines is 6. The van der Waals surface area contributed by atoms with Gasteiger partial charge in [-0.15, -0.1) is 0 Å². The summed E-state index contributed by atoms with van der Waals surface area (Å²) in [6.07, 6.45) is 10.5. The minimum Gasteiger partial charge on any atom is -0.313 e. The lowest BCUT2D eigenvalue weighted by atomic mass is 9.48. The first-order chi connectivity index (χ1) is 22.5. The first-order valence-corrected chi connectivity index (χ1v) is 22.2. The monoisotopic (exact) mass is 627 g/mol. The van der Waals surface area contributed by atoms with E-state index in [-0.39, 0.29) is 0 Å². The molecule has 0 unspecified atom stereocenters. The van der Waals surface area contributed by atoms with Gasteiger partial charge in [0.1, 0.15) is 13.9 Å². The van der Waals surface area contributed by atoms with Crippen LogP contribution in [0, 0.1) is 17.8 Å². The van der Waals surface area contributed by atoms with Crippen molar-refractivity contribution in [3.8, 4) is 0 Å². The Morgan fingerprint density at radius 3 is 2.02 bits per heavy atom. The molecule has 46 heavy (non-hydrogen) atoms. The molecule has 0 atom stereocenters. The minimum absolute atomic E-state index is 0.299. The molecule has 4 aromatic carbocycles. The van der Waals surface area contributed by atoms with Crippen LogP contribution in [0.15, 0.2) is 103 Å². The molecule has 0 spiro atoms. The molecule has 5 aromatic rings. The first-order valence-electron chi connectivity index (χ1n) is 17.5. The van der Waals surface area contributed by atoms with E-state index >= 15 is 0 Å². The molecule has 4 saturated carbocycles. The van der Waals surface area contributed by atoms with Gasteiger partial charge in [-0.3, -0.25) is 4.90 Å². The number of benzene rings is 4. The molecule has 7 aliphatic rings. The Balaban J connectivity index is 1.27. The van der Waals surface area contributed by atoms with Crippen molar-refractivity contribution in [1.82, 2.24) is 4.98 Å². The van der Waals surface area contributed by atoms with E-state index in [0.717, 1.165) is 23.6 Å². The van der Waals surface area contributed by atoms with Crippen molar-refractivity contribution in [3.63, 3.8) is 0 Å². The van der Waals surface area contributed by atoms with Crippen molar-refractivity contribution >= 4 is 80.1 Å². The molecule has 0 radical (unpaired) electrons. The van der Waals surface area contributed by atoms with Crippen molar-refractivity contribution in [2.45, 2.75) is 57.0 Å². The smallest absolute Gasteiger partial charge is 0.313 e. The lowest BCUT2D eigenvalue weighted by Crippen LogP contribution is -2.67. The summed E-state index contributed by atoms with van der Waals surface area (Å²) in [5, 5.41) is 3.17. The highest BCUT2D eigenvalue weighted by molar-refractivity contribution is 7.05. The number of rotatable bonds is 2. The maximum atomic E-state index is 5.02. The maximum absolute atomic E-state index is 5.02. The van der Waals surface area contributed by atoms with Gasteiger partial charge in [-0.25, -0.2) is 4.98 Å². The van der Waals surface area contributed by atoms with Gasteiger partial charge in [-0.1, -0.05) is 87.0 Å². The molecule has 4 bridgehead atoms. The second kappa shape index (κ2) is 9.04. The van der Waals surface area contributed by atoms with E-state index in [9.17, 15) is 0 Å². The Morgan fingerprint density at radius 2 is 1.28 bits per heavy atom. The van der Waals surface area contributed by atoms with Gasteiger partial charge < -0.3 is 4.90 Å². The highest BCUT2D eigenvalue weighted by Gasteiger charge is 2.54. The van der Waals surface area contributed by atoms with Gasteiger partial charge in [0, 0.05) is 34.6 Å². The van der Waals surface area contributed by atoms with Crippen LogP contribution in [-0.2, 0) is 5.41 Å². The summed E-state index contributed by atoms with van der Waals surface area (Å²) in [5.74, 6) is 3.74. The zero-order chi connectivity index (χ0) is 30.4. The summed E-state index contributed by atoms with van der Waals surface area (Å²) in [4.78, 5) is 10.3. The average molecular weight is 628 g/mol. The number of fused-ring (bicyclic) bond motifs is 6. The molecule has 3 nitrogen and oxygen atoms in total. The van der Waals surface area contributed by atoms with Crippen molar-refractivity contribution in [3.05, 3.63) is 109 Å². The molecule has 0 amide bonds. The van der Waals surface area contributed by atoms with Crippen LogP contribution in [-0.4, -0.2) is 27.2 Å². The second-order valence-corrected chi connectivity index (χ2v) is 22.9. The molecular weight excluding hydrogens is 590 g/mol. The molecule has 4 aliphatic carbocycles. The maximum Gasteiger partial charge on any atom is 0.396 e. The molecule has 5 heteroatoms. The fourth-order valence-corrected chi connectivity index (χ4v) is 18.4. The first kappa shape index (κ1) is 26.4. The summed E-state index contributed by atoms with van der Waals surface area (Å²) in [7, 11) is -1.92. The highest BCUT2D eigenvalue weighted by Crippen LogP contribution is 2.61. The predicted molar refractivity (Wildman–Crippen MR) is 195 cm³/mol. The van der Waals surface area contributed by atoms with Gasteiger partial charge in [-0.2, -0.15) is 0 Å². The zero-order valence-corrected chi connectivity index (χ0v) is 28.9. The van der Waals surface area contributed by atoms with Crippen LogP contribution in [0.5, 0.6) is 0 Å². The SMILES string of the molecule is C[Si]1(C)c2ccccc2N2c3cc(C45CC6CC(CC(C6)C4)C5)cc4[c]3[Al]([c]3ccccc3N4c3ccccn3)[c]3cccc1c32. The standard InChI is InChI=1S/C41H38N3Si.Al/c1-45(2)38-16-8-6-14-36(38)44(37-15-7-9-17-39(37)45)35-24-32(41-26-29-20-30(27-41)22-31(21-29)28-41)23-34(25-35)43(33-12-4-3-5-13-33)40-18-10-11-19-42-40;/h3-12,14,16-19,23-24,29-31H,20-22,26-28H2,1-2H3;. The van der Waals surface area contributed by atoms with Crippen LogP contribution in [0.2, 0.25) is 13.1 Å². The molecule has 3 aliphatic heterocycles. The number of pyridine rings is 1. The zero-order valence-electron chi connectivity index (χ0n) is 26.7. The number of hydrogen-bond acceptors (Lipinski definition) is 3. The number of para-hydroxylation sites is 3. The molecule has 224 valence electrons. The van der Waals surface area contributed by atoms with E-state index in [1.807, 2.05) is 12.3 Å². The number of hydrogen-bond donors (Lipinski definition) is 0. The lowest BCUT2D eigenvalue weighted by molar-refractivity contribution is -0.00514. The normalized spacial score (nSPS) is 26.7. The molecule has 0 N–H and O–H groups in total. The van der Waals surface area contributed by atoms with Crippen molar-refractivity contribution in [2.75, 3.05) is 9.80 Å². The number of nitrogens with zero attached hydrogens (tertiary/aromatic N) is 3. The average Bonchev–Trinajstić information content (AvgIpc) is 3.07. The number of aromatic nitrogens is 1. The van der Waals surface area contributed by atoms with Crippen LogP contribution in [0.25, 0.3) is 0 Å². The van der Waals surface area contributed by atoms with E-state index in [0.29, 0.717) is 5.41 Å². The van der Waals surface area contributed by atoms with Crippen LogP contribution >= 0.6 is 0 Å². The quantitative estimate of drug-likeness (QED) is 0.197. The van der Waals surface area contributed by atoms with Gasteiger partial charge in [0.2, 0.25) is 0 Å². The van der Waals surface area contributed by atoms with Crippen LogP contribution in [0.4, 0.5) is 34.3 Å².